The van der Waals surface area contributed by atoms with Gasteiger partial charge >= 0.3 is 5.97 Å². The molecule has 1 amide bonds. The molecule has 0 radical (unpaired) electrons. The number of amidine groups is 1. The van der Waals surface area contributed by atoms with Gasteiger partial charge in [-0.25, -0.2) is 0 Å². The van der Waals surface area contributed by atoms with Gasteiger partial charge in [-0.3, -0.25) is 19.8 Å². The topological polar surface area (TPSA) is 122 Å². The van der Waals surface area contributed by atoms with Gasteiger partial charge in [0.05, 0.1) is 23.6 Å². The van der Waals surface area contributed by atoms with E-state index in [-0.39, 0.29) is 40.5 Å². The number of aryl methyl sites for hydroxylation is 1. The van der Waals surface area contributed by atoms with Crippen molar-refractivity contribution in [2.75, 3.05) is 11.9 Å². The smallest absolute Gasteiger partial charge is 0.306 e. The number of carbonyl (C=O) groups excluding carboxylic acids is 3. The van der Waals surface area contributed by atoms with Crippen molar-refractivity contribution in [2.45, 2.75) is 26.2 Å². The molecule has 0 aliphatic heterocycles. The van der Waals surface area contributed by atoms with Gasteiger partial charge in [0.15, 0.2) is 5.78 Å². The average molecular weight is 428 g/mol. The van der Waals surface area contributed by atoms with E-state index < -0.39 is 5.91 Å². The fraction of sp³-hybridized carbons (Fsp3) is 0.273. The molecule has 0 fully saturated rings. The first-order valence-electron chi connectivity index (χ1n) is 9.58. The van der Waals surface area contributed by atoms with Gasteiger partial charge in [0.25, 0.3) is 5.91 Å². The molecule has 0 bridgehead atoms. The average Bonchev–Trinajstić information content (AvgIpc) is 2.70. The second-order valence-corrected chi connectivity index (χ2v) is 7.45. The summed E-state index contributed by atoms with van der Waals surface area (Å²) in [5.74, 6) is -1.36. The number of nitrogen functional groups attached to an aromatic ring is 1. The molecule has 1 aliphatic rings. The standard InChI is InChI=1S/C22H22ClN3O4/c1-2-30-19(27)11-13-4-3-12-9-15(6-8-16(12)20(13)28)26-22(29)17-7-5-14(21(24)25)10-18(17)23/h5-10,13H,2-4,11H2,1H3,(H3,24,25)(H,26,29). The van der Waals surface area contributed by atoms with Gasteiger partial charge < -0.3 is 15.8 Å². The van der Waals surface area contributed by atoms with E-state index in [0.29, 0.717) is 36.3 Å². The van der Waals surface area contributed by atoms with E-state index in [2.05, 4.69) is 5.32 Å². The van der Waals surface area contributed by atoms with Crippen molar-refractivity contribution in [3.8, 4) is 0 Å². The highest BCUT2D eigenvalue weighted by atomic mass is 35.5. The molecule has 1 aliphatic carbocycles. The Labute approximate surface area is 179 Å². The van der Waals surface area contributed by atoms with Gasteiger partial charge in [0.1, 0.15) is 5.84 Å². The molecule has 2 aromatic rings. The summed E-state index contributed by atoms with van der Waals surface area (Å²) in [6.45, 7) is 2.03. The number of benzene rings is 2. The van der Waals surface area contributed by atoms with Gasteiger partial charge in [-0.2, -0.15) is 0 Å². The molecule has 0 spiro atoms. The summed E-state index contributed by atoms with van der Waals surface area (Å²) in [6.07, 6.45) is 1.27. The van der Waals surface area contributed by atoms with Crippen LogP contribution in [0.25, 0.3) is 0 Å². The Hall–Kier alpha value is -3.19. The molecule has 0 saturated carbocycles. The lowest BCUT2D eigenvalue weighted by Crippen LogP contribution is -2.26. The Morgan fingerprint density at radius 2 is 2.03 bits per heavy atom. The summed E-state index contributed by atoms with van der Waals surface area (Å²) in [5, 5.41) is 10.4. The molecule has 0 heterocycles. The number of esters is 1. The molecular weight excluding hydrogens is 406 g/mol. The van der Waals surface area contributed by atoms with Crippen molar-refractivity contribution in [1.29, 1.82) is 5.41 Å². The summed E-state index contributed by atoms with van der Waals surface area (Å²) >= 11 is 6.15. The highest BCUT2D eigenvalue weighted by molar-refractivity contribution is 6.34. The lowest BCUT2D eigenvalue weighted by atomic mass is 9.81. The summed E-state index contributed by atoms with van der Waals surface area (Å²) in [4.78, 5) is 37.0. The Kier molecular flexibility index (Phi) is 6.52. The van der Waals surface area contributed by atoms with E-state index in [0.717, 1.165) is 5.56 Å². The number of fused-ring (bicyclic) bond motifs is 1. The van der Waals surface area contributed by atoms with Crippen molar-refractivity contribution in [3.63, 3.8) is 0 Å². The van der Waals surface area contributed by atoms with Crippen LogP contribution in [0.4, 0.5) is 5.69 Å². The van der Waals surface area contributed by atoms with Crippen molar-refractivity contribution in [1.82, 2.24) is 0 Å². The molecule has 1 atom stereocenters. The number of rotatable bonds is 6. The van der Waals surface area contributed by atoms with Gasteiger partial charge in [-0.05, 0) is 55.7 Å². The van der Waals surface area contributed by atoms with Crippen molar-refractivity contribution < 1.29 is 19.1 Å². The third-order valence-electron chi connectivity index (χ3n) is 5.00. The number of ether oxygens (including phenoxy) is 1. The first kappa shape index (κ1) is 21.5. The molecule has 0 aromatic heterocycles. The lowest BCUT2D eigenvalue weighted by Gasteiger charge is -2.23. The number of nitrogens with two attached hydrogens (primary N) is 1. The van der Waals surface area contributed by atoms with E-state index in [1.54, 1.807) is 31.2 Å². The summed E-state index contributed by atoms with van der Waals surface area (Å²) in [7, 11) is 0. The molecular formula is C22H22ClN3O4. The summed E-state index contributed by atoms with van der Waals surface area (Å²) in [5.41, 5.74) is 8.06. The predicted octanol–water partition coefficient (Wildman–Crippen LogP) is 3.57. The van der Waals surface area contributed by atoms with Crippen LogP contribution >= 0.6 is 11.6 Å². The summed E-state index contributed by atoms with van der Waals surface area (Å²) < 4.78 is 4.95. The molecule has 8 heteroatoms. The van der Waals surface area contributed by atoms with Gasteiger partial charge in [-0.1, -0.05) is 17.7 Å². The van der Waals surface area contributed by atoms with Crippen LogP contribution in [-0.2, 0) is 16.0 Å². The second-order valence-electron chi connectivity index (χ2n) is 7.04. The molecule has 7 nitrogen and oxygen atoms in total. The quantitative estimate of drug-likeness (QED) is 0.369. The number of amides is 1. The number of anilines is 1. The van der Waals surface area contributed by atoms with Gasteiger partial charge in [0.2, 0.25) is 0 Å². The number of hydrogen-bond acceptors (Lipinski definition) is 5. The van der Waals surface area contributed by atoms with E-state index >= 15 is 0 Å². The van der Waals surface area contributed by atoms with Crippen LogP contribution in [0, 0.1) is 11.3 Å². The first-order valence-corrected chi connectivity index (χ1v) is 9.96. The molecule has 4 N–H and O–H groups in total. The monoisotopic (exact) mass is 427 g/mol. The molecule has 1 unspecified atom stereocenters. The largest absolute Gasteiger partial charge is 0.466 e. The molecule has 30 heavy (non-hydrogen) atoms. The molecule has 3 rings (SSSR count). The minimum Gasteiger partial charge on any atom is -0.466 e. The number of carbonyl (C=O) groups is 3. The van der Waals surface area contributed by atoms with Crippen LogP contribution in [0.15, 0.2) is 36.4 Å². The van der Waals surface area contributed by atoms with Crippen LogP contribution < -0.4 is 11.1 Å². The third kappa shape index (κ3) is 4.68. The van der Waals surface area contributed by atoms with Crippen LogP contribution in [0.5, 0.6) is 0 Å². The first-order chi connectivity index (χ1) is 14.3. The maximum atomic E-state index is 12.7. The van der Waals surface area contributed by atoms with E-state index in [9.17, 15) is 14.4 Å². The minimum absolute atomic E-state index is 0.0787. The van der Waals surface area contributed by atoms with E-state index in [4.69, 9.17) is 27.5 Å². The van der Waals surface area contributed by atoms with Crippen LogP contribution in [0.1, 0.15) is 51.6 Å². The zero-order valence-corrected chi connectivity index (χ0v) is 17.2. The van der Waals surface area contributed by atoms with Crippen molar-refractivity contribution in [3.05, 3.63) is 63.7 Å². The fourth-order valence-electron chi connectivity index (χ4n) is 3.48. The van der Waals surface area contributed by atoms with Crippen molar-refractivity contribution in [2.24, 2.45) is 11.7 Å². The predicted molar refractivity (Wildman–Crippen MR) is 114 cm³/mol. The van der Waals surface area contributed by atoms with Gasteiger partial charge in [0, 0.05) is 22.7 Å². The lowest BCUT2D eigenvalue weighted by molar-refractivity contribution is -0.144. The zero-order valence-electron chi connectivity index (χ0n) is 16.5. The number of nitrogens with one attached hydrogen (secondary N) is 2. The maximum Gasteiger partial charge on any atom is 0.306 e. The van der Waals surface area contributed by atoms with E-state index in [1.165, 1.54) is 12.1 Å². The highest BCUT2D eigenvalue weighted by Crippen LogP contribution is 2.30. The van der Waals surface area contributed by atoms with Crippen LogP contribution in [0.3, 0.4) is 0 Å². The van der Waals surface area contributed by atoms with Crippen molar-refractivity contribution >= 4 is 40.8 Å². The van der Waals surface area contributed by atoms with Gasteiger partial charge in [-0.15, -0.1) is 0 Å². The normalized spacial score (nSPS) is 15.3. The Morgan fingerprint density at radius 3 is 2.70 bits per heavy atom. The second kappa shape index (κ2) is 9.09. The molecule has 2 aromatic carbocycles. The van der Waals surface area contributed by atoms with E-state index in [1.807, 2.05) is 0 Å². The Morgan fingerprint density at radius 1 is 1.27 bits per heavy atom. The number of halogens is 1. The summed E-state index contributed by atoms with van der Waals surface area (Å²) in [6, 6.07) is 9.62. The Bertz CT molecular complexity index is 1040. The number of hydrogen-bond donors (Lipinski definition) is 3. The van der Waals surface area contributed by atoms with Crippen LogP contribution in [-0.4, -0.2) is 30.1 Å². The minimum atomic E-state index is -0.405. The fourth-order valence-corrected chi connectivity index (χ4v) is 3.75. The SMILES string of the molecule is CCOC(=O)CC1CCc2cc(NC(=O)c3ccc(C(=N)N)cc3Cl)ccc2C1=O. The number of Topliss-reactive ketones (excluding diaryl/α,β-unsaturated/α-hetero) is 1. The number of ketones is 1. The molecule has 156 valence electrons. The Balaban J connectivity index is 1.73. The maximum absolute atomic E-state index is 12.7. The van der Waals surface area contributed by atoms with Crippen LogP contribution in [0.2, 0.25) is 5.02 Å². The zero-order chi connectivity index (χ0) is 21.8. The highest BCUT2D eigenvalue weighted by Gasteiger charge is 2.29. The molecule has 0 saturated heterocycles. The third-order valence-corrected chi connectivity index (χ3v) is 5.32.